The van der Waals surface area contributed by atoms with E-state index in [-0.39, 0.29) is 6.04 Å². The lowest BCUT2D eigenvalue weighted by molar-refractivity contribution is -0.143. The molecule has 1 atom stereocenters. The van der Waals surface area contributed by atoms with E-state index in [2.05, 4.69) is 37.5 Å². The maximum absolute atomic E-state index is 12.6. The van der Waals surface area contributed by atoms with Gasteiger partial charge < -0.3 is 20.4 Å². The summed E-state index contributed by atoms with van der Waals surface area (Å²) in [6.07, 6.45) is -1.69. The van der Waals surface area contributed by atoms with E-state index in [9.17, 15) is 13.2 Å². The summed E-state index contributed by atoms with van der Waals surface area (Å²) in [4.78, 5) is 14.8. The molecule has 0 saturated carbocycles. The maximum atomic E-state index is 12.6. The third-order valence-corrected chi connectivity index (χ3v) is 5.36. The number of hydrogen-bond donors (Lipinski definition) is 2. The van der Waals surface area contributed by atoms with Gasteiger partial charge >= 0.3 is 6.18 Å². The van der Waals surface area contributed by atoms with E-state index in [0.29, 0.717) is 32.0 Å². The number of likely N-dealkylation sites (tertiary alicyclic amines) is 1. The zero-order valence-electron chi connectivity index (χ0n) is 17.0. The quantitative estimate of drug-likeness (QED) is 0.558. The molecule has 2 aliphatic rings. The van der Waals surface area contributed by atoms with E-state index in [1.807, 2.05) is 12.1 Å². The number of anilines is 1. The number of aromatic nitrogens is 1. The standard InChI is InChI=1S/C19H30F3N7/c1-23-18(26-16-5-7-28(13-16)14-19(20,21)22)25-12-15-4-3-6-24-17(15)29-10-8-27(2)9-11-29/h3-4,6,16H,5,7-14H2,1-2H3,(H2,23,25,26). The van der Waals surface area contributed by atoms with Gasteiger partial charge in [-0.3, -0.25) is 9.89 Å². The molecule has 2 N–H and O–H groups in total. The molecule has 2 saturated heterocycles. The average molecular weight is 413 g/mol. The third kappa shape index (κ3) is 6.46. The first kappa shape index (κ1) is 21.6. The number of alkyl halides is 3. The smallest absolute Gasteiger partial charge is 0.354 e. The minimum absolute atomic E-state index is 0.0467. The molecule has 0 spiro atoms. The van der Waals surface area contributed by atoms with Gasteiger partial charge in [0, 0.05) is 70.7 Å². The molecule has 0 aromatic carbocycles. The number of hydrogen-bond acceptors (Lipinski definition) is 5. The second-order valence-electron chi connectivity index (χ2n) is 7.68. The van der Waals surface area contributed by atoms with Crippen LogP contribution in [0, 0.1) is 0 Å². The summed E-state index contributed by atoms with van der Waals surface area (Å²) in [5.74, 6) is 1.57. The molecule has 1 unspecified atom stereocenters. The van der Waals surface area contributed by atoms with Crippen LogP contribution in [-0.2, 0) is 6.54 Å². The first-order chi connectivity index (χ1) is 13.8. The highest BCUT2D eigenvalue weighted by atomic mass is 19.4. The molecule has 29 heavy (non-hydrogen) atoms. The van der Waals surface area contributed by atoms with E-state index in [1.54, 1.807) is 13.2 Å². The molecule has 10 heteroatoms. The lowest BCUT2D eigenvalue weighted by Crippen LogP contribution is -2.46. The topological polar surface area (TPSA) is 59.0 Å². The summed E-state index contributed by atoms with van der Waals surface area (Å²) in [7, 11) is 3.79. The fourth-order valence-electron chi connectivity index (χ4n) is 3.79. The molecule has 3 rings (SSSR count). The van der Waals surface area contributed by atoms with Crippen LogP contribution in [0.25, 0.3) is 0 Å². The van der Waals surface area contributed by atoms with Gasteiger partial charge in [0.15, 0.2) is 5.96 Å². The average Bonchev–Trinajstić information content (AvgIpc) is 3.11. The first-order valence-corrected chi connectivity index (χ1v) is 9.98. The van der Waals surface area contributed by atoms with Crippen LogP contribution in [0.4, 0.5) is 19.0 Å². The Morgan fingerprint density at radius 2 is 2.00 bits per heavy atom. The fourth-order valence-corrected chi connectivity index (χ4v) is 3.79. The number of halogens is 3. The molecule has 2 aliphatic heterocycles. The van der Waals surface area contributed by atoms with Crippen LogP contribution < -0.4 is 15.5 Å². The Hall–Kier alpha value is -2.07. The van der Waals surface area contributed by atoms with E-state index < -0.39 is 12.7 Å². The number of pyridine rings is 1. The number of aliphatic imine (C=N–C) groups is 1. The monoisotopic (exact) mass is 413 g/mol. The predicted octanol–water partition coefficient (Wildman–Crippen LogP) is 1.13. The van der Waals surface area contributed by atoms with Gasteiger partial charge in [-0.15, -0.1) is 0 Å². The van der Waals surface area contributed by atoms with Crippen molar-refractivity contribution in [1.82, 2.24) is 25.4 Å². The number of nitrogens with zero attached hydrogens (tertiary/aromatic N) is 5. The van der Waals surface area contributed by atoms with Crippen LogP contribution in [0.2, 0.25) is 0 Å². The van der Waals surface area contributed by atoms with E-state index in [0.717, 1.165) is 37.6 Å². The van der Waals surface area contributed by atoms with Crippen LogP contribution >= 0.6 is 0 Å². The van der Waals surface area contributed by atoms with Crippen molar-refractivity contribution >= 4 is 11.8 Å². The van der Waals surface area contributed by atoms with Gasteiger partial charge in [0.1, 0.15) is 5.82 Å². The molecule has 2 fully saturated rings. The molecule has 0 bridgehead atoms. The van der Waals surface area contributed by atoms with Gasteiger partial charge in [0.2, 0.25) is 0 Å². The minimum Gasteiger partial charge on any atom is -0.354 e. The highest BCUT2D eigenvalue weighted by Crippen LogP contribution is 2.20. The number of guanidine groups is 1. The molecule has 0 aliphatic carbocycles. The van der Waals surface area contributed by atoms with Crippen molar-refractivity contribution in [3.8, 4) is 0 Å². The van der Waals surface area contributed by atoms with Crippen LogP contribution in [-0.4, -0.2) is 92.9 Å². The minimum atomic E-state index is -4.16. The number of piperazine rings is 1. The fraction of sp³-hybridized carbons (Fsp3) is 0.684. The summed E-state index contributed by atoms with van der Waals surface area (Å²) in [5, 5.41) is 6.53. The normalized spacial score (nSPS) is 22.2. The summed E-state index contributed by atoms with van der Waals surface area (Å²) < 4.78 is 37.7. The number of likely N-dealkylation sites (N-methyl/N-ethyl adjacent to an activating group) is 1. The van der Waals surface area contributed by atoms with Gasteiger partial charge in [0.25, 0.3) is 0 Å². The SMILES string of the molecule is CN=C(NCc1cccnc1N1CCN(C)CC1)NC1CCN(CC(F)(F)F)C1. The molecule has 0 radical (unpaired) electrons. The highest BCUT2D eigenvalue weighted by Gasteiger charge is 2.34. The molecule has 3 heterocycles. The van der Waals surface area contributed by atoms with E-state index >= 15 is 0 Å². The number of nitrogens with one attached hydrogen (secondary N) is 2. The first-order valence-electron chi connectivity index (χ1n) is 9.98. The third-order valence-electron chi connectivity index (χ3n) is 5.36. The van der Waals surface area contributed by atoms with Crippen molar-refractivity contribution in [3.63, 3.8) is 0 Å². The Balaban J connectivity index is 1.53. The van der Waals surface area contributed by atoms with Crippen LogP contribution in [0.3, 0.4) is 0 Å². The largest absolute Gasteiger partial charge is 0.401 e. The highest BCUT2D eigenvalue weighted by molar-refractivity contribution is 5.80. The zero-order valence-corrected chi connectivity index (χ0v) is 17.0. The molecule has 1 aromatic rings. The predicted molar refractivity (Wildman–Crippen MR) is 108 cm³/mol. The molecule has 0 amide bonds. The van der Waals surface area contributed by atoms with Crippen molar-refractivity contribution in [2.75, 3.05) is 64.8 Å². The lowest BCUT2D eigenvalue weighted by atomic mass is 10.2. The molecular formula is C19H30F3N7. The zero-order chi connectivity index (χ0) is 20.9. The summed E-state index contributed by atoms with van der Waals surface area (Å²) in [6.45, 7) is 4.36. The van der Waals surface area contributed by atoms with Gasteiger partial charge in [-0.05, 0) is 19.5 Å². The van der Waals surface area contributed by atoms with Gasteiger partial charge in [-0.2, -0.15) is 13.2 Å². The van der Waals surface area contributed by atoms with Crippen molar-refractivity contribution in [1.29, 1.82) is 0 Å². The van der Waals surface area contributed by atoms with Crippen molar-refractivity contribution in [2.45, 2.75) is 25.2 Å². The molecule has 7 nitrogen and oxygen atoms in total. The molecule has 162 valence electrons. The Morgan fingerprint density at radius 1 is 1.24 bits per heavy atom. The van der Waals surface area contributed by atoms with Crippen molar-refractivity contribution in [3.05, 3.63) is 23.9 Å². The van der Waals surface area contributed by atoms with Gasteiger partial charge in [-0.25, -0.2) is 4.98 Å². The summed E-state index contributed by atoms with van der Waals surface area (Å²) >= 11 is 0. The number of rotatable bonds is 5. The maximum Gasteiger partial charge on any atom is 0.401 e. The summed E-state index contributed by atoms with van der Waals surface area (Å²) in [5.41, 5.74) is 1.07. The van der Waals surface area contributed by atoms with Gasteiger partial charge in [-0.1, -0.05) is 6.07 Å². The Kier molecular flexibility index (Phi) is 7.18. The Morgan fingerprint density at radius 3 is 2.69 bits per heavy atom. The van der Waals surface area contributed by atoms with Crippen LogP contribution in [0.1, 0.15) is 12.0 Å². The second kappa shape index (κ2) is 9.62. The summed E-state index contributed by atoms with van der Waals surface area (Å²) in [6, 6.07) is 3.91. The van der Waals surface area contributed by atoms with E-state index in [4.69, 9.17) is 0 Å². The van der Waals surface area contributed by atoms with Crippen LogP contribution in [0.5, 0.6) is 0 Å². The van der Waals surface area contributed by atoms with Crippen LogP contribution in [0.15, 0.2) is 23.3 Å². The Bertz CT molecular complexity index is 687. The van der Waals surface area contributed by atoms with Crippen molar-refractivity contribution < 1.29 is 13.2 Å². The Labute approximate surface area is 170 Å². The van der Waals surface area contributed by atoms with Crippen molar-refractivity contribution in [2.24, 2.45) is 4.99 Å². The lowest BCUT2D eigenvalue weighted by Gasteiger charge is -2.34. The van der Waals surface area contributed by atoms with Gasteiger partial charge in [0.05, 0.1) is 6.54 Å². The molecule has 1 aromatic heterocycles. The van der Waals surface area contributed by atoms with E-state index in [1.165, 1.54) is 4.90 Å². The second-order valence-corrected chi connectivity index (χ2v) is 7.68. The molecular weight excluding hydrogens is 383 g/mol.